The summed E-state index contributed by atoms with van der Waals surface area (Å²) >= 11 is 4.69. The zero-order chi connectivity index (χ0) is 18.0. The SMILES string of the molecule is CCOC(=O)c1ccc(Cn2nc(-c3scc(Br)c3OC)oc2=O)o1. The predicted octanol–water partition coefficient (Wildman–Crippen LogP) is 3.15. The van der Waals surface area contributed by atoms with Crippen LogP contribution in [0.2, 0.25) is 0 Å². The lowest BCUT2D eigenvalue weighted by Gasteiger charge is -1.99. The van der Waals surface area contributed by atoms with Crippen molar-refractivity contribution in [2.75, 3.05) is 13.7 Å². The number of ether oxygens (including phenoxy) is 2. The van der Waals surface area contributed by atoms with E-state index in [0.29, 0.717) is 16.4 Å². The summed E-state index contributed by atoms with van der Waals surface area (Å²) in [5.41, 5.74) is 0. The van der Waals surface area contributed by atoms with E-state index in [0.717, 1.165) is 9.15 Å². The maximum atomic E-state index is 12.0. The molecule has 0 atom stereocenters. The summed E-state index contributed by atoms with van der Waals surface area (Å²) in [5, 5.41) is 5.97. The van der Waals surface area contributed by atoms with E-state index >= 15 is 0 Å². The Hall–Kier alpha value is -2.33. The molecular formula is C15H13BrN2O6S. The van der Waals surface area contributed by atoms with Gasteiger partial charge in [-0.2, -0.15) is 4.68 Å². The van der Waals surface area contributed by atoms with Gasteiger partial charge in [0.15, 0.2) is 5.75 Å². The Morgan fingerprint density at radius 1 is 1.40 bits per heavy atom. The lowest BCUT2D eigenvalue weighted by molar-refractivity contribution is 0.0487. The van der Waals surface area contributed by atoms with Crippen molar-refractivity contribution in [3.63, 3.8) is 0 Å². The Labute approximate surface area is 154 Å². The first-order valence-electron chi connectivity index (χ1n) is 7.18. The molecule has 0 saturated carbocycles. The number of carbonyl (C=O) groups is 1. The average molecular weight is 429 g/mol. The van der Waals surface area contributed by atoms with Gasteiger partial charge in [-0.3, -0.25) is 0 Å². The van der Waals surface area contributed by atoms with E-state index in [1.807, 2.05) is 5.38 Å². The molecule has 0 aliphatic rings. The Bertz CT molecular complexity index is 954. The van der Waals surface area contributed by atoms with Crippen molar-refractivity contribution in [2.45, 2.75) is 13.5 Å². The fourth-order valence-electron chi connectivity index (χ4n) is 2.08. The normalized spacial score (nSPS) is 10.8. The minimum Gasteiger partial charge on any atom is -0.494 e. The topological polar surface area (TPSA) is 96.7 Å². The number of thiophene rings is 1. The van der Waals surface area contributed by atoms with Gasteiger partial charge in [-0.1, -0.05) is 0 Å². The molecule has 0 amide bonds. The van der Waals surface area contributed by atoms with E-state index in [1.54, 1.807) is 13.0 Å². The van der Waals surface area contributed by atoms with Crippen LogP contribution in [0.4, 0.5) is 0 Å². The van der Waals surface area contributed by atoms with Crippen molar-refractivity contribution < 1.29 is 23.1 Å². The monoisotopic (exact) mass is 428 g/mol. The smallest absolute Gasteiger partial charge is 0.437 e. The van der Waals surface area contributed by atoms with Gasteiger partial charge in [0.1, 0.15) is 17.2 Å². The van der Waals surface area contributed by atoms with Crippen LogP contribution in [0.25, 0.3) is 10.8 Å². The van der Waals surface area contributed by atoms with Crippen LogP contribution < -0.4 is 10.5 Å². The Morgan fingerprint density at radius 2 is 2.20 bits per heavy atom. The molecule has 3 heterocycles. The second-order valence-corrected chi connectivity index (χ2v) is 6.50. The van der Waals surface area contributed by atoms with Gasteiger partial charge >= 0.3 is 11.7 Å². The van der Waals surface area contributed by atoms with Crippen LogP contribution in [0.3, 0.4) is 0 Å². The van der Waals surface area contributed by atoms with Crippen molar-refractivity contribution >= 4 is 33.2 Å². The molecule has 0 radical (unpaired) electrons. The van der Waals surface area contributed by atoms with Crippen molar-refractivity contribution in [3.8, 4) is 16.5 Å². The molecule has 0 aliphatic heterocycles. The number of methoxy groups -OCH3 is 1. The lowest BCUT2D eigenvalue weighted by Crippen LogP contribution is -2.16. The van der Waals surface area contributed by atoms with Crippen LogP contribution in [-0.4, -0.2) is 29.5 Å². The van der Waals surface area contributed by atoms with Gasteiger partial charge in [-0.15, -0.1) is 16.4 Å². The van der Waals surface area contributed by atoms with Gasteiger partial charge < -0.3 is 18.3 Å². The standard InChI is InChI=1S/C15H13BrN2O6S/c1-3-22-14(19)10-5-4-8(23-10)6-18-15(20)24-13(17-18)12-11(21-2)9(16)7-25-12/h4-5,7H,3,6H2,1-2H3. The van der Waals surface area contributed by atoms with Crippen LogP contribution in [0, 0.1) is 0 Å². The van der Waals surface area contributed by atoms with Crippen LogP contribution >= 0.6 is 27.3 Å². The summed E-state index contributed by atoms with van der Waals surface area (Å²) in [6, 6.07) is 3.06. The summed E-state index contributed by atoms with van der Waals surface area (Å²) in [5.74, 6) is -0.0664. The highest BCUT2D eigenvalue weighted by Crippen LogP contribution is 2.40. The third-order valence-electron chi connectivity index (χ3n) is 3.15. The lowest BCUT2D eigenvalue weighted by atomic mass is 10.4. The number of hydrogen-bond donors (Lipinski definition) is 0. The zero-order valence-electron chi connectivity index (χ0n) is 13.3. The molecule has 0 aromatic carbocycles. The Kier molecular flexibility index (Phi) is 5.09. The van der Waals surface area contributed by atoms with E-state index in [-0.39, 0.29) is 24.8 Å². The second-order valence-electron chi connectivity index (χ2n) is 4.76. The molecule has 3 aromatic heterocycles. The van der Waals surface area contributed by atoms with E-state index < -0.39 is 11.7 Å². The van der Waals surface area contributed by atoms with Crippen molar-refractivity contribution in [3.05, 3.63) is 44.1 Å². The van der Waals surface area contributed by atoms with E-state index in [4.69, 9.17) is 18.3 Å². The molecule has 3 aromatic rings. The van der Waals surface area contributed by atoms with Crippen LogP contribution in [0.15, 0.2) is 35.6 Å². The molecule has 0 fully saturated rings. The molecule has 8 nitrogen and oxygen atoms in total. The molecule has 10 heteroatoms. The van der Waals surface area contributed by atoms with Crippen LogP contribution in [0.1, 0.15) is 23.2 Å². The minimum atomic E-state index is -0.643. The molecule has 0 N–H and O–H groups in total. The quantitative estimate of drug-likeness (QED) is 0.556. The Morgan fingerprint density at radius 3 is 2.92 bits per heavy atom. The molecule has 0 aliphatic carbocycles. The number of esters is 1. The molecule has 0 saturated heterocycles. The van der Waals surface area contributed by atoms with E-state index in [1.165, 1.54) is 24.5 Å². The summed E-state index contributed by atoms with van der Waals surface area (Å²) in [6.07, 6.45) is 0. The summed E-state index contributed by atoms with van der Waals surface area (Å²) in [7, 11) is 1.52. The first-order chi connectivity index (χ1) is 12.0. The van der Waals surface area contributed by atoms with Gasteiger partial charge in [0, 0.05) is 5.38 Å². The van der Waals surface area contributed by atoms with Gasteiger partial charge in [-0.25, -0.2) is 9.59 Å². The molecule has 0 bridgehead atoms. The summed E-state index contributed by atoms with van der Waals surface area (Å²) in [6.45, 7) is 1.98. The van der Waals surface area contributed by atoms with E-state index in [9.17, 15) is 9.59 Å². The van der Waals surface area contributed by atoms with Gasteiger partial charge in [0.2, 0.25) is 5.76 Å². The van der Waals surface area contributed by atoms with Crippen molar-refractivity contribution in [2.24, 2.45) is 0 Å². The number of rotatable bonds is 6. The zero-order valence-corrected chi connectivity index (χ0v) is 15.7. The molecule has 132 valence electrons. The van der Waals surface area contributed by atoms with Crippen molar-refractivity contribution in [1.29, 1.82) is 0 Å². The maximum absolute atomic E-state index is 12.0. The van der Waals surface area contributed by atoms with Crippen molar-refractivity contribution in [1.82, 2.24) is 9.78 Å². The maximum Gasteiger partial charge on any atom is 0.437 e. The molecule has 25 heavy (non-hydrogen) atoms. The Balaban J connectivity index is 1.84. The predicted molar refractivity (Wildman–Crippen MR) is 92.1 cm³/mol. The third kappa shape index (κ3) is 3.54. The van der Waals surface area contributed by atoms with Gasteiger partial charge in [0.05, 0.1) is 18.2 Å². The second kappa shape index (κ2) is 7.28. The molecule has 3 rings (SSSR count). The number of aromatic nitrogens is 2. The summed E-state index contributed by atoms with van der Waals surface area (Å²) in [4.78, 5) is 24.2. The summed E-state index contributed by atoms with van der Waals surface area (Å²) < 4.78 is 22.5. The fraction of sp³-hybridized carbons (Fsp3) is 0.267. The fourth-order valence-corrected chi connectivity index (χ4v) is 3.67. The number of nitrogens with zero attached hydrogens (tertiary/aromatic N) is 2. The van der Waals surface area contributed by atoms with Crippen LogP contribution in [0.5, 0.6) is 5.75 Å². The molecular weight excluding hydrogens is 416 g/mol. The van der Waals surface area contributed by atoms with E-state index in [2.05, 4.69) is 21.0 Å². The highest BCUT2D eigenvalue weighted by atomic mass is 79.9. The minimum absolute atomic E-state index is 0.0244. The molecule has 0 unspecified atom stereocenters. The first-order valence-corrected chi connectivity index (χ1v) is 8.85. The highest BCUT2D eigenvalue weighted by molar-refractivity contribution is 9.10. The average Bonchev–Trinajstić information content (AvgIpc) is 3.28. The first kappa shape index (κ1) is 17.5. The van der Waals surface area contributed by atoms with Gasteiger partial charge in [-0.05, 0) is 35.0 Å². The number of carbonyl (C=O) groups excluding carboxylic acids is 1. The number of hydrogen-bond acceptors (Lipinski definition) is 8. The number of furan rings is 1. The van der Waals surface area contributed by atoms with Gasteiger partial charge in [0.25, 0.3) is 5.89 Å². The van der Waals surface area contributed by atoms with Crippen LogP contribution in [-0.2, 0) is 11.3 Å². The highest BCUT2D eigenvalue weighted by Gasteiger charge is 2.20. The third-order valence-corrected chi connectivity index (χ3v) is 4.99. The largest absolute Gasteiger partial charge is 0.494 e. The molecule has 0 spiro atoms. The number of halogens is 1.